The van der Waals surface area contributed by atoms with Crippen molar-refractivity contribution in [1.82, 2.24) is 20.4 Å². The third-order valence-corrected chi connectivity index (χ3v) is 10.1. The topological polar surface area (TPSA) is 111 Å². The number of aliphatic hydroxyl groups is 1. The van der Waals surface area contributed by atoms with Crippen LogP contribution in [0.1, 0.15) is 87.9 Å². The van der Waals surface area contributed by atoms with Gasteiger partial charge in [-0.25, -0.2) is 0 Å². The molecule has 9 nitrogen and oxygen atoms in total. The van der Waals surface area contributed by atoms with Crippen molar-refractivity contribution in [3.63, 3.8) is 0 Å². The molecule has 0 unspecified atom stereocenters. The Morgan fingerprint density at radius 1 is 1.10 bits per heavy atom. The molecule has 234 valence electrons. The fourth-order valence-corrected chi connectivity index (χ4v) is 7.12. The van der Waals surface area contributed by atoms with Crippen LogP contribution in [-0.4, -0.2) is 90.1 Å². The van der Waals surface area contributed by atoms with Crippen LogP contribution in [0.15, 0.2) is 24.3 Å². The molecule has 2 heterocycles. The van der Waals surface area contributed by atoms with E-state index in [4.69, 9.17) is 4.74 Å². The third-order valence-electron chi connectivity index (χ3n) is 10.1. The van der Waals surface area contributed by atoms with Crippen LogP contribution in [0.25, 0.3) is 0 Å². The van der Waals surface area contributed by atoms with E-state index in [0.717, 1.165) is 76.8 Å². The van der Waals surface area contributed by atoms with Gasteiger partial charge in [-0.3, -0.25) is 14.4 Å². The highest BCUT2D eigenvalue weighted by Gasteiger charge is 2.56. The molecular weight excluding hydrogens is 556 g/mol. The van der Waals surface area contributed by atoms with Gasteiger partial charge in [0.25, 0.3) is 5.91 Å². The second kappa shape index (κ2) is 14.0. The van der Waals surface area contributed by atoms with E-state index in [1.807, 2.05) is 17.0 Å². The summed E-state index contributed by atoms with van der Waals surface area (Å²) in [6, 6.07) is 6.40. The standard InChI is InChI=1S/C32H48N4O5.ClH/c1-3-4-18-36-29(39)26(27(37)23-8-6-5-7-9-23)34-30(40)32(36)16-19-35(20-17-32)21-31(14-15-31)22-41-25-12-10-24(11-13-25)28(38)33-2;/h10-13,23,26-27,37H,3-9,14-22H2,1-2H3,(H,33,38)(H,34,40);1H/t26-,27-;/m1./s1. The number of benzene rings is 1. The average molecular weight is 605 g/mol. The number of carbonyl (C=O) groups is 3. The number of piperidine rings is 1. The number of hydrogen-bond donors (Lipinski definition) is 3. The molecule has 3 N–H and O–H groups in total. The summed E-state index contributed by atoms with van der Waals surface area (Å²) in [6.45, 7) is 5.70. The van der Waals surface area contributed by atoms with Crippen LogP contribution < -0.4 is 15.4 Å². The van der Waals surface area contributed by atoms with Gasteiger partial charge >= 0.3 is 0 Å². The van der Waals surface area contributed by atoms with Crippen molar-refractivity contribution in [2.24, 2.45) is 11.3 Å². The number of halogens is 1. The van der Waals surface area contributed by atoms with Crippen LogP contribution in [-0.2, 0) is 9.59 Å². The minimum atomic E-state index is -0.830. The second-order valence-electron chi connectivity index (χ2n) is 12.9. The maximum atomic E-state index is 13.8. The molecule has 2 aliphatic heterocycles. The van der Waals surface area contributed by atoms with Crippen molar-refractivity contribution < 1.29 is 24.2 Å². The Labute approximate surface area is 256 Å². The Bertz CT molecular complexity index is 1080. The van der Waals surface area contributed by atoms with E-state index in [-0.39, 0.29) is 41.5 Å². The molecule has 2 saturated carbocycles. The molecule has 4 aliphatic rings. The van der Waals surface area contributed by atoms with Crippen molar-refractivity contribution in [2.45, 2.75) is 95.2 Å². The molecule has 4 fully saturated rings. The Morgan fingerprint density at radius 3 is 2.36 bits per heavy atom. The lowest BCUT2D eigenvalue weighted by atomic mass is 9.77. The second-order valence-corrected chi connectivity index (χ2v) is 12.9. The predicted octanol–water partition coefficient (Wildman–Crippen LogP) is 3.53. The van der Waals surface area contributed by atoms with Gasteiger partial charge < -0.3 is 30.3 Å². The first-order valence-electron chi connectivity index (χ1n) is 15.8. The molecule has 42 heavy (non-hydrogen) atoms. The van der Waals surface area contributed by atoms with Crippen molar-refractivity contribution in [3.8, 4) is 5.75 Å². The fraction of sp³-hybridized carbons (Fsp3) is 0.719. The zero-order chi connectivity index (χ0) is 29.0. The van der Waals surface area contributed by atoms with Gasteiger partial charge in [0.15, 0.2) is 0 Å². The monoisotopic (exact) mass is 604 g/mol. The first-order valence-corrected chi connectivity index (χ1v) is 15.8. The molecule has 2 aliphatic carbocycles. The normalized spacial score (nSPS) is 24.5. The summed E-state index contributed by atoms with van der Waals surface area (Å²) in [7, 11) is 1.62. The Hall–Kier alpha value is -2.36. The van der Waals surface area contributed by atoms with Crippen LogP contribution in [0.4, 0.5) is 0 Å². The summed E-state index contributed by atoms with van der Waals surface area (Å²) in [5, 5.41) is 16.8. The van der Waals surface area contributed by atoms with Gasteiger partial charge in [0.05, 0.1) is 12.7 Å². The molecule has 2 saturated heterocycles. The molecule has 0 aromatic heterocycles. The molecule has 0 radical (unpaired) electrons. The van der Waals surface area contributed by atoms with Crippen molar-refractivity contribution in [1.29, 1.82) is 0 Å². The van der Waals surface area contributed by atoms with Gasteiger partial charge in [0, 0.05) is 44.2 Å². The maximum absolute atomic E-state index is 13.8. The van der Waals surface area contributed by atoms with Gasteiger partial charge in [-0.1, -0.05) is 32.6 Å². The van der Waals surface area contributed by atoms with Crippen LogP contribution >= 0.6 is 12.4 Å². The zero-order valence-corrected chi connectivity index (χ0v) is 26.1. The first kappa shape index (κ1) is 32.6. The summed E-state index contributed by atoms with van der Waals surface area (Å²) in [6.07, 6.45) is 9.57. The molecule has 3 amide bonds. The largest absolute Gasteiger partial charge is 0.493 e. The number of hydrogen-bond acceptors (Lipinski definition) is 6. The van der Waals surface area contributed by atoms with Gasteiger partial charge in [-0.2, -0.15) is 0 Å². The van der Waals surface area contributed by atoms with E-state index in [1.54, 1.807) is 19.2 Å². The molecule has 10 heteroatoms. The summed E-state index contributed by atoms with van der Waals surface area (Å²) >= 11 is 0. The number of unbranched alkanes of at least 4 members (excludes halogenated alkanes) is 1. The SMILES string of the molecule is CCCCN1C(=O)[C@@H]([C@H](O)C2CCCCC2)NC(=O)C12CCN(CC1(COc3ccc(C(=O)NC)cc3)CC1)CC2.Cl. The van der Waals surface area contributed by atoms with Gasteiger partial charge in [-0.15, -0.1) is 12.4 Å². The van der Waals surface area contributed by atoms with Crippen molar-refractivity contribution in [2.75, 3.05) is 39.8 Å². The number of nitrogens with zero attached hydrogens (tertiary/aromatic N) is 2. The highest BCUT2D eigenvalue weighted by atomic mass is 35.5. The number of amides is 3. The van der Waals surface area contributed by atoms with Crippen LogP contribution in [0.5, 0.6) is 5.75 Å². The van der Waals surface area contributed by atoms with E-state index in [1.165, 1.54) is 6.42 Å². The minimum absolute atomic E-state index is 0. The molecule has 1 aromatic carbocycles. The Balaban J connectivity index is 0.00000405. The molecular formula is C32H49ClN4O5. The molecule has 1 aromatic rings. The summed E-state index contributed by atoms with van der Waals surface area (Å²) in [4.78, 5) is 43.7. The number of aliphatic hydroxyl groups excluding tert-OH is 1. The minimum Gasteiger partial charge on any atom is -0.493 e. The van der Waals surface area contributed by atoms with E-state index in [0.29, 0.717) is 31.6 Å². The third kappa shape index (κ3) is 6.89. The number of ether oxygens (including phenoxy) is 1. The highest BCUT2D eigenvalue weighted by molar-refractivity contribution is 6.00. The predicted molar refractivity (Wildman–Crippen MR) is 164 cm³/mol. The lowest BCUT2D eigenvalue weighted by molar-refractivity contribution is -0.166. The van der Waals surface area contributed by atoms with E-state index in [9.17, 15) is 19.5 Å². The lowest BCUT2D eigenvalue weighted by Crippen LogP contribution is -2.75. The molecule has 1 spiro atoms. The first-order chi connectivity index (χ1) is 19.8. The van der Waals surface area contributed by atoms with E-state index < -0.39 is 17.7 Å². The Kier molecular flexibility index (Phi) is 10.8. The van der Waals surface area contributed by atoms with Gasteiger partial charge in [-0.05, 0) is 75.1 Å². The fourth-order valence-electron chi connectivity index (χ4n) is 7.12. The Morgan fingerprint density at radius 2 is 1.76 bits per heavy atom. The number of piperazine rings is 1. The molecule has 2 atom stereocenters. The average Bonchev–Trinajstić information content (AvgIpc) is 3.78. The summed E-state index contributed by atoms with van der Waals surface area (Å²) < 4.78 is 6.13. The molecule has 5 rings (SSSR count). The lowest BCUT2D eigenvalue weighted by Gasteiger charge is -2.53. The number of nitrogens with one attached hydrogen (secondary N) is 2. The van der Waals surface area contributed by atoms with Crippen molar-refractivity contribution >= 4 is 30.1 Å². The quantitative estimate of drug-likeness (QED) is 0.356. The zero-order valence-electron chi connectivity index (χ0n) is 25.2. The van der Waals surface area contributed by atoms with Crippen LogP contribution in [0.2, 0.25) is 0 Å². The number of rotatable bonds is 11. The van der Waals surface area contributed by atoms with E-state index in [2.05, 4.69) is 22.5 Å². The van der Waals surface area contributed by atoms with Crippen LogP contribution in [0.3, 0.4) is 0 Å². The maximum Gasteiger partial charge on any atom is 0.251 e. The van der Waals surface area contributed by atoms with Crippen LogP contribution in [0, 0.1) is 11.3 Å². The van der Waals surface area contributed by atoms with Crippen molar-refractivity contribution in [3.05, 3.63) is 29.8 Å². The van der Waals surface area contributed by atoms with Gasteiger partial charge in [0.2, 0.25) is 11.8 Å². The summed E-state index contributed by atoms with van der Waals surface area (Å²) in [5.74, 6) is 0.537. The molecule has 0 bridgehead atoms. The number of carbonyl (C=O) groups excluding carboxylic acids is 3. The highest BCUT2D eigenvalue weighted by Crippen LogP contribution is 2.47. The number of likely N-dealkylation sites (tertiary alicyclic amines) is 1. The smallest absolute Gasteiger partial charge is 0.251 e. The van der Waals surface area contributed by atoms with E-state index >= 15 is 0 Å². The van der Waals surface area contributed by atoms with Gasteiger partial charge in [0.1, 0.15) is 17.3 Å². The summed E-state index contributed by atoms with van der Waals surface area (Å²) in [5.41, 5.74) is -0.118.